The number of piperidine rings is 1. The molecule has 1 saturated heterocycles. The number of rotatable bonds is 6. The Labute approximate surface area is 125 Å². The molecule has 1 aliphatic rings. The Morgan fingerprint density at radius 3 is 2.52 bits per heavy atom. The van der Waals surface area contributed by atoms with E-state index in [1.54, 1.807) is 4.90 Å². The highest BCUT2D eigenvalue weighted by molar-refractivity contribution is 5.85. The summed E-state index contributed by atoms with van der Waals surface area (Å²) in [6, 6.07) is 0.0284. The molecule has 0 saturated carbocycles. The van der Waals surface area contributed by atoms with Crippen molar-refractivity contribution >= 4 is 17.8 Å². The van der Waals surface area contributed by atoms with Gasteiger partial charge in [0.2, 0.25) is 11.8 Å². The van der Waals surface area contributed by atoms with Crippen LogP contribution in [0.2, 0.25) is 0 Å². The number of carbonyl (C=O) groups excluding carboxylic acids is 2. The van der Waals surface area contributed by atoms with Crippen molar-refractivity contribution in [2.75, 3.05) is 13.1 Å². The van der Waals surface area contributed by atoms with Gasteiger partial charge in [0.25, 0.3) is 0 Å². The second kappa shape index (κ2) is 8.00. The first-order chi connectivity index (χ1) is 9.81. The number of likely N-dealkylation sites (tertiary alicyclic amines) is 1. The molecule has 1 heterocycles. The first-order valence-electron chi connectivity index (χ1n) is 7.60. The molecule has 0 aromatic heterocycles. The van der Waals surface area contributed by atoms with Crippen LogP contribution in [0, 0.1) is 11.8 Å². The number of amides is 2. The van der Waals surface area contributed by atoms with Gasteiger partial charge in [0, 0.05) is 19.0 Å². The monoisotopic (exact) mass is 298 g/mol. The van der Waals surface area contributed by atoms with Crippen molar-refractivity contribution < 1.29 is 19.5 Å². The van der Waals surface area contributed by atoms with Gasteiger partial charge in [-0.25, -0.2) is 0 Å². The Hall–Kier alpha value is -1.59. The normalized spacial score (nSPS) is 22.2. The number of nitrogens with zero attached hydrogens (tertiary/aromatic N) is 1. The highest BCUT2D eigenvalue weighted by Gasteiger charge is 2.32. The molecule has 21 heavy (non-hydrogen) atoms. The van der Waals surface area contributed by atoms with Gasteiger partial charge in [-0.1, -0.05) is 13.8 Å². The minimum absolute atomic E-state index is 0.0284. The number of hydrogen-bond donors (Lipinski definition) is 2. The van der Waals surface area contributed by atoms with Gasteiger partial charge in [-0.2, -0.15) is 0 Å². The van der Waals surface area contributed by atoms with E-state index in [1.165, 1.54) is 0 Å². The zero-order chi connectivity index (χ0) is 16.0. The van der Waals surface area contributed by atoms with Crippen molar-refractivity contribution in [3.63, 3.8) is 0 Å². The van der Waals surface area contributed by atoms with Gasteiger partial charge in [-0.15, -0.1) is 0 Å². The molecule has 2 amide bonds. The van der Waals surface area contributed by atoms with Crippen molar-refractivity contribution in [3.8, 4) is 0 Å². The second-order valence-electron chi connectivity index (χ2n) is 6.22. The van der Waals surface area contributed by atoms with E-state index < -0.39 is 11.9 Å². The molecule has 0 aliphatic carbocycles. The summed E-state index contributed by atoms with van der Waals surface area (Å²) >= 11 is 0. The van der Waals surface area contributed by atoms with E-state index in [0.29, 0.717) is 25.2 Å². The zero-order valence-corrected chi connectivity index (χ0v) is 13.1. The van der Waals surface area contributed by atoms with Crippen molar-refractivity contribution in [3.05, 3.63) is 0 Å². The van der Waals surface area contributed by atoms with Crippen molar-refractivity contribution in [1.29, 1.82) is 0 Å². The lowest BCUT2D eigenvalue weighted by Gasteiger charge is -2.36. The molecule has 1 rings (SSSR count). The van der Waals surface area contributed by atoms with Crippen molar-refractivity contribution in [2.45, 2.75) is 52.5 Å². The van der Waals surface area contributed by atoms with Crippen molar-refractivity contribution in [1.82, 2.24) is 10.2 Å². The quantitative estimate of drug-likeness (QED) is 0.772. The molecular weight excluding hydrogens is 272 g/mol. The van der Waals surface area contributed by atoms with E-state index in [9.17, 15) is 14.4 Å². The molecule has 6 nitrogen and oxygen atoms in total. The maximum atomic E-state index is 12.1. The Morgan fingerprint density at radius 2 is 1.95 bits per heavy atom. The highest BCUT2D eigenvalue weighted by atomic mass is 16.4. The van der Waals surface area contributed by atoms with Crippen molar-refractivity contribution in [2.24, 2.45) is 11.8 Å². The molecule has 120 valence electrons. The van der Waals surface area contributed by atoms with Gasteiger partial charge < -0.3 is 15.3 Å². The molecule has 2 unspecified atom stereocenters. The number of hydrogen-bond acceptors (Lipinski definition) is 3. The number of nitrogens with one attached hydrogen (secondary N) is 1. The van der Waals surface area contributed by atoms with Gasteiger partial charge in [0.05, 0.1) is 12.5 Å². The molecule has 2 N–H and O–H groups in total. The van der Waals surface area contributed by atoms with Crippen LogP contribution in [-0.4, -0.2) is 46.9 Å². The third-order valence-electron chi connectivity index (χ3n) is 3.94. The third kappa shape index (κ3) is 5.73. The van der Waals surface area contributed by atoms with Crippen LogP contribution in [0.4, 0.5) is 0 Å². The molecule has 0 aromatic rings. The molecule has 0 bridgehead atoms. The molecule has 0 spiro atoms. The van der Waals surface area contributed by atoms with Gasteiger partial charge in [0.15, 0.2) is 0 Å². The molecule has 0 aromatic carbocycles. The standard InChI is InChI=1S/C15H26N2O4/c1-10(2)4-7-13(18)16-8-14(19)17-9-12(15(20)21)6-5-11(17)3/h10-12H,4-9H2,1-3H3,(H,16,18)(H,20,21). The first kappa shape index (κ1) is 17.5. The summed E-state index contributed by atoms with van der Waals surface area (Å²) in [5.41, 5.74) is 0. The fourth-order valence-electron chi connectivity index (χ4n) is 2.44. The highest BCUT2D eigenvalue weighted by Crippen LogP contribution is 2.22. The largest absolute Gasteiger partial charge is 0.481 e. The molecule has 2 atom stereocenters. The van der Waals surface area contributed by atoms with E-state index >= 15 is 0 Å². The molecular formula is C15H26N2O4. The fraction of sp³-hybridized carbons (Fsp3) is 0.800. The van der Waals surface area contributed by atoms with Crippen LogP contribution >= 0.6 is 0 Å². The fourth-order valence-corrected chi connectivity index (χ4v) is 2.44. The number of carbonyl (C=O) groups is 3. The minimum Gasteiger partial charge on any atom is -0.481 e. The maximum absolute atomic E-state index is 12.1. The number of carboxylic acid groups (broad SMARTS) is 1. The van der Waals surface area contributed by atoms with Crippen LogP contribution in [0.25, 0.3) is 0 Å². The smallest absolute Gasteiger partial charge is 0.308 e. The summed E-state index contributed by atoms with van der Waals surface area (Å²) in [6.07, 6.45) is 2.49. The molecule has 1 aliphatic heterocycles. The summed E-state index contributed by atoms with van der Waals surface area (Å²) in [6.45, 7) is 6.18. The average molecular weight is 298 g/mol. The lowest BCUT2D eigenvalue weighted by Crippen LogP contribution is -2.50. The summed E-state index contributed by atoms with van der Waals surface area (Å²) < 4.78 is 0. The van der Waals surface area contributed by atoms with E-state index in [0.717, 1.165) is 6.42 Å². The predicted octanol–water partition coefficient (Wildman–Crippen LogP) is 1.25. The van der Waals surface area contributed by atoms with Crippen LogP contribution in [0.15, 0.2) is 0 Å². The van der Waals surface area contributed by atoms with E-state index in [4.69, 9.17) is 5.11 Å². The zero-order valence-electron chi connectivity index (χ0n) is 13.1. The van der Waals surface area contributed by atoms with Crippen LogP contribution in [-0.2, 0) is 14.4 Å². The Bertz CT molecular complexity index is 395. The summed E-state index contributed by atoms with van der Waals surface area (Å²) in [4.78, 5) is 36.4. The lowest BCUT2D eigenvalue weighted by molar-refractivity contribution is -0.147. The van der Waals surface area contributed by atoms with Crippen LogP contribution < -0.4 is 5.32 Å². The van der Waals surface area contributed by atoms with Gasteiger partial charge in [-0.3, -0.25) is 14.4 Å². The predicted molar refractivity (Wildman–Crippen MR) is 78.6 cm³/mol. The number of aliphatic carboxylic acids is 1. The van der Waals surface area contributed by atoms with Crippen LogP contribution in [0.1, 0.15) is 46.5 Å². The molecule has 1 fully saturated rings. The van der Waals surface area contributed by atoms with Gasteiger partial charge in [0.1, 0.15) is 0 Å². The topological polar surface area (TPSA) is 86.7 Å². The van der Waals surface area contributed by atoms with Gasteiger partial charge >= 0.3 is 5.97 Å². The summed E-state index contributed by atoms with van der Waals surface area (Å²) in [5.74, 6) is -1.24. The number of carboxylic acids is 1. The minimum atomic E-state index is -0.860. The average Bonchev–Trinajstić information content (AvgIpc) is 2.42. The Morgan fingerprint density at radius 1 is 1.29 bits per heavy atom. The third-order valence-corrected chi connectivity index (χ3v) is 3.94. The second-order valence-corrected chi connectivity index (χ2v) is 6.22. The van der Waals surface area contributed by atoms with Gasteiger partial charge in [-0.05, 0) is 32.1 Å². The summed E-state index contributed by atoms with van der Waals surface area (Å²) in [7, 11) is 0. The Balaban J connectivity index is 2.42. The van der Waals surface area contributed by atoms with E-state index in [2.05, 4.69) is 5.32 Å². The maximum Gasteiger partial charge on any atom is 0.308 e. The molecule has 0 radical (unpaired) electrons. The lowest BCUT2D eigenvalue weighted by atomic mass is 9.93. The van der Waals surface area contributed by atoms with E-state index in [-0.39, 0.29) is 30.9 Å². The SMILES string of the molecule is CC(C)CCC(=O)NCC(=O)N1CC(C(=O)O)CCC1C. The van der Waals surface area contributed by atoms with E-state index in [1.807, 2.05) is 20.8 Å². The van der Waals surface area contributed by atoms with Crippen LogP contribution in [0.5, 0.6) is 0 Å². The first-order valence-corrected chi connectivity index (χ1v) is 7.60. The Kier molecular flexibility index (Phi) is 6.65. The molecule has 6 heteroatoms. The summed E-state index contributed by atoms with van der Waals surface area (Å²) in [5, 5.41) is 11.7. The van der Waals surface area contributed by atoms with Crippen LogP contribution in [0.3, 0.4) is 0 Å².